The molecule has 4 rings (SSSR count). The summed E-state index contributed by atoms with van der Waals surface area (Å²) in [5, 5.41) is 23.1. The summed E-state index contributed by atoms with van der Waals surface area (Å²) in [5.41, 5.74) is 4.98. The van der Waals surface area contributed by atoms with Gasteiger partial charge in [0.25, 0.3) is 11.8 Å². The summed E-state index contributed by atoms with van der Waals surface area (Å²) in [6.45, 7) is 3.05. The van der Waals surface area contributed by atoms with Gasteiger partial charge >= 0.3 is 6.18 Å². The molecule has 5 N–H and O–H groups in total. The van der Waals surface area contributed by atoms with E-state index < -0.39 is 29.3 Å². The molecule has 0 aliphatic carbocycles. The first-order valence-corrected chi connectivity index (χ1v) is 10.9. The smallest absolute Gasteiger partial charge is 0.416 e. The zero-order valence-electron chi connectivity index (χ0n) is 18.8. The van der Waals surface area contributed by atoms with Crippen molar-refractivity contribution in [2.75, 3.05) is 13.1 Å². The molecular formula is C24H24F3N3O5. The van der Waals surface area contributed by atoms with Crippen LogP contribution >= 0.6 is 0 Å². The number of nitrogens with zero attached hydrogens (tertiary/aromatic N) is 1. The topological polar surface area (TPSA) is 129 Å². The van der Waals surface area contributed by atoms with Crippen molar-refractivity contribution in [3.63, 3.8) is 0 Å². The molecule has 8 nitrogen and oxygen atoms in total. The molecule has 11 heteroatoms. The van der Waals surface area contributed by atoms with E-state index in [0.717, 1.165) is 18.2 Å². The van der Waals surface area contributed by atoms with E-state index in [1.165, 1.54) is 6.07 Å². The van der Waals surface area contributed by atoms with Crippen LogP contribution in [0.25, 0.3) is 11.0 Å². The number of rotatable bonds is 5. The Balaban J connectivity index is 1.43. The molecule has 186 valence electrons. The fourth-order valence-electron chi connectivity index (χ4n) is 4.43. The number of aryl methyl sites for hydroxylation is 1. The largest absolute Gasteiger partial charge is 0.507 e. The average Bonchev–Trinajstić information content (AvgIpc) is 3.12. The van der Waals surface area contributed by atoms with Gasteiger partial charge < -0.3 is 25.7 Å². The molecule has 2 amide bonds. The Morgan fingerprint density at radius 1 is 1.17 bits per heavy atom. The molecule has 1 aliphatic heterocycles. The minimum Gasteiger partial charge on any atom is -0.507 e. The molecule has 0 radical (unpaired) electrons. The van der Waals surface area contributed by atoms with Gasteiger partial charge in [0.1, 0.15) is 17.1 Å². The predicted octanol–water partition coefficient (Wildman–Crippen LogP) is 3.66. The number of halogens is 3. The van der Waals surface area contributed by atoms with Crippen LogP contribution < -0.4 is 11.1 Å². The van der Waals surface area contributed by atoms with Crippen molar-refractivity contribution in [3.8, 4) is 11.5 Å². The van der Waals surface area contributed by atoms with Gasteiger partial charge in [0.05, 0.1) is 10.9 Å². The van der Waals surface area contributed by atoms with E-state index in [1.54, 1.807) is 13.0 Å². The van der Waals surface area contributed by atoms with Gasteiger partial charge in [0, 0.05) is 37.3 Å². The number of carbonyl (C=O) groups excluding carboxylic acids is 2. The third-order valence-electron chi connectivity index (χ3n) is 6.20. The summed E-state index contributed by atoms with van der Waals surface area (Å²) in [5.74, 6) is -2.55. The van der Waals surface area contributed by atoms with Crippen molar-refractivity contribution >= 4 is 22.8 Å². The summed E-state index contributed by atoms with van der Waals surface area (Å²) in [6.07, 6.45) is -3.25. The number of likely N-dealkylation sites (tertiary alicyclic amines) is 1. The van der Waals surface area contributed by atoms with E-state index in [4.69, 9.17) is 10.2 Å². The third kappa shape index (κ3) is 4.90. The fraction of sp³-hybridized carbons (Fsp3) is 0.333. The number of benzene rings is 2. The van der Waals surface area contributed by atoms with Crippen molar-refractivity contribution in [1.29, 1.82) is 0 Å². The lowest BCUT2D eigenvalue weighted by atomic mass is 10.0. The number of amides is 2. The van der Waals surface area contributed by atoms with Crippen LogP contribution in [0.3, 0.4) is 0 Å². The number of primary amides is 1. The first-order valence-electron chi connectivity index (χ1n) is 10.9. The molecule has 0 unspecified atom stereocenters. The Morgan fingerprint density at radius 2 is 1.86 bits per heavy atom. The van der Waals surface area contributed by atoms with Crippen LogP contribution in [0, 0.1) is 6.92 Å². The highest BCUT2D eigenvalue weighted by molar-refractivity contribution is 6.11. The normalized spacial score (nSPS) is 15.4. The van der Waals surface area contributed by atoms with Crippen LogP contribution in [0.1, 0.15) is 50.4 Å². The van der Waals surface area contributed by atoms with Crippen LogP contribution in [0.4, 0.5) is 13.2 Å². The maximum Gasteiger partial charge on any atom is 0.416 e. The molecule has 0 spiro atoms. The van der Waals surface area contributed by atoms with Gasteiger partial charge in [-0.2, -0.15) is 13.2 Å². The molecule has 0 saturated carbocycles. The average molecular weight is 491 g/mol. The molecular weight excluding hydrogens is 467 g/mol. The Kier molecular flexibility index (Phi) is 6.37. The number of phenolic OH excluding ortho intramolecular Hbond substituents is 1. The standard InChI is InChI=1S/C24H24F3N3O5/c1-12-18-16(31)10-17(32)19(22(28)33)21(18)35-20(12)23(34)29-15-5-7-30(8-6-15)11-13-3-2-4-14(9-13)24(25,26)27/h2-4,9-10,15,31-32H,5-8,11H2,1H3,(H2,28,33)(H,29,34). The van der Waals surface area contributed by atoms with Gasteiger partial charge in [-0.15, -0.1) is 0 Å². The minimum atomic E-state index is -4.39. The number of piperidine rings is 1. The Morgan fingerprint density at radius 3 is 2.49 bits per heavy atom. The molecule has 2 heterocycles. The number of carbonyl (C=O) groups is 2. The first-order chi connectivity index (χ1) is 16.5. The molecule has 35 heavy (non-hydrogen) atoms. The van der Waals surface area contributed by atoms with Gasteiger partial charge in [0.15, 0.2) is 11.3 Å². The number of hydrogen-bond acceptors (Lipinski definition) is 6. The highest BCUT2D eigenvalue weighted by Gasteiger charge is 2.31. The number of fused-ring (bicyclic) bond motifs is 1. The highest BCUT2D eigenvalue weighted by atomic mass is 19.4. The van der Waals surface area contributed by atoms with Gasteiger partial charge in [-0.05, 0) is 31.4 Å². The van der Waals surface area contributed by atoms with Gasteiger partial charge in [-0.1, -0.05) is 18.2 Å². The van der Waals surface area contributed by atoms with Crippen LogP contribution in [0.5, 0.6) is 11.5 Å². The number of alkyl halides is 3. The quantitative estimate of drug-likeness (QED) is 0.431. The number of nitrogens with one attached hydrogen (secondary N) is 1. The maximum absolute atomic E-state index is 12.9. The summed E-state index contributed by atoms with van der Waals surface area (Å²) < 4.78 is 44.4. The lowest BCUT2D eigenvalue weighted by Crippen LogP contribution is -2.44. The minimum absolute atomic E-state index is 0.109. The van der Waals surface area contributed by atoms with Gasteiger partial charge in [0.2, 0.25) is 0 Å². The van der Waals surface area contributed by atoms with Crippen LogP contribution in [-0.2, 0) is 12.7 Å². The first kappa shape index (κ1) is 24.4. The Labute approximate surface area is 198 Å². The SMILES string of the molecule is Cc1c(C(=O)NC2CCN(Cc3cccc(C(F)(F)F)c3)CC2)oc2c(C(N)=O)c(O)cc(O)c12. The zero-order chi connectivity index (χ0) is 25.5. The van der Waals surface area contributed by atoms with Crippen molar-refractivity contribution in [2.45, 2.75) is 38.5 Å². The number of nitrogens with two attached hydrogens (primary N) is 1. The fourth-order valence-corrected chi connectivity index (χ4v) is 4.43. The highest BCUT2D eigenvalue weighted by Crippen LogP contribution is 2.39. The maximum atomic E-state index is 12.9. The Hall–Kier alpha value is -3.73. The monoisotopic (exact) mass is 491 g/mol. The lowest BCUT2D eigenvalue weighted by Gasteiger charge is -2.32. The molecule has 0 bridgehead atoms. The van der Waals surface area contributed by atoms with Gasteiger partial charge in [-0.25, -0.2) is 0 Å². The number of aromatic hydroxyl groups is 2. The molecule has 1 aromatic heterocycles. The Bertz CT molecular complexity index is 1290. The van der Waals surface area contributed by atoms with E-state index >= 15 is 0 Å². The lowest BCUT2D eigenvalue weighted by molar-refractivity contribution is -0.137. The van der Waals surface area contributed by atoms with E-state index in [9.17, 15) is 33.0 Å². The second-order valence-electron chi connectivity index (χ2n) is 8.64. The second-order valence-corrected chi connectivity index (χ2v) is 8.64. The molecule has 3 aromatic rings. The third-order valence-corrected chi connectivity index (χ3v) is 6.20. The number of phenols is 2. The summed E-state index contributed by atoms with van der Waals surface area (Å²) in [4.78, 5) is 26.7. The summed E-state index contributed by atoms with van der Waals surface area (Å²) in [7, 11) is 0. The van der Waals surface area contributed by atoms with E-state index in [0.29, 0.717) is 43.6 Å². The summed E-state index contributed by atoms with van der Waals surface area (Å²) >= 11 is 0. The number of furan rings is 1. The zero-order valence-corrected chi connectivity index (χ0v) is 18.8. The van der Waals surface area contributed by atoms with Crippen molar-refractivity contribution in [2.24, 2.45) is 5.73 Å². The predicted molar refractivity (Wildman–Crippen MR) is 120 cm³/mol. The number of hydrogen-bond donors (Lipinski definition) is 4. The van der Waals surface area contributed by atoms with E-state index in [1.807, 2.05) is 4.90 Å². The van der Waals surface area contributed by atoms with Gasteiger partial charge in [-0.3, -0.25) is 14.5 Å². The van der Waals surface area contributed by atoms with E-state index in [2.05, 4.69) is 5.32 Å². The molecule has 2 aromatic carbocycles. The molecule has 1 aliphatic rings. The molecule has 0 atom stereocenters. The van der Waals surface area contributed by atoms with Crippen LogP contribution in [-0.4, -0.2) is 46.1 Å². The molecule has 1 saturated heterocycles. The van der Waals surface area contributed by atoms with E-state index in [-0.39, 0.29) is 34.1 Å². The second kappa shape index (κ2) is 9.14. The molecule has 1 fully saturated rings. The van der Waals surface area contributed by atoms with Crippen molar-refractivity contribution in [3.05, 3.63) is 58.3 Å². The van der Waals surface area contributed by atoms with Crippen LogP contribution in [0.2, 0.25) is 0 Å². The van der Waals surface area contributed by atoms with Crippen molar-refractivity contribution in [1.82, 2.24) is 10.2 Å². The van der Waals surface area contributed by atoms with Crippen LogP contribution in [0.15, 0.2) is 34.7 Å². The van der Waals surface area contributed by atoms with Crippen molar-refractivity contribution < 1.29 is 37.4 Å². The summed E-state index contributed by atoms with van der Waals surface area (Å²) in [6, 6.07) is 5.99.